The van der Waals surface area contributed by atoms with Crippen LogP contribution in [0.3, 0.4) is 0 Å². The van der Waals surface area contributed by atoms with Gasteiger partial charge in [-0.05, 0) is 80.9 Å². The molecule has 2 aromatic rings. The third-order valence-electron chi connectivity index (χ3n) is 4.84. The van der Waals surface area contributed by atoms with Gasteiger partial charge in [0.2, 0.25) is 0 Å². The number of carbonyl (C=O) groups excluding carboxylic acids is 1. The van der Waals surface area contributed by atoms with Crippen molar-refractivity contribution in [1.82, 2.24) is 10.2 Å². The summed E-state index contributed by atoms with van der Waals surface area (Å²) < 4.78 is 5.76. The molecule has 1 fully saturated rings. The molecule has 0 bridgehead atoms. The normalized spacial score (nSPS) is 14.7. The summed E-state index contributed by atoms with van der Waals surface area (Å²) in [7, 11) is 0. The van der Waals surface area contributed by atoms with Crippen LogP contribution in [-0.4, -0.2) is 42.1 Å². The zero-order chi connectivity index (χ0) is 18.9. The maximum Gasteiger partial charge on any atom is 0.251 e. The van der Waals surface area contributed by atoms with Gasteiger partial charge in [-0.25, -0.2) is 0 Å². The third kappa shape index (κ3) is 6.08. The first-order valence-electron chi connectivity index (χ1n) is 9.73. The Morgan fingerprint density at radius 3 is 2.22 bits per heavy atom. The lowest BCUT2D eigenvalue weighted by atomic mass is 10.1. The summed E-state index contributed by atoms with van der Waals surface area (Å²) in [4.78, 5) is 14.7. The number of likely N-dealkylation sites (tertiary alicyclic amines) is 1. The van der Waals surface area contributed by atoms with Crippen LogP contribution in [0, 0.1) is 0 Å². The average molecular weight is 368 g/mol. The lowest BCUT2D eigenvalue weighted by Gasteiger charge is -2.26. The number of rotatable bonds is 8. The fourth-order valence-electron chi connectivity index (χ4n) is 3.26. The molecular formula is C22H28N2O3. The molecule has 0 aromatic heterocycles. The molecule has 0 saturated carbocycles. The SMILES string of the molecule is O=C(NCCCN1CCCCC1)c1ccc(Oc2ccc(CO)cc2)cc1. The summed E-state index contributed by atoms with van der Waals surface area (Å²) in [6.45, 7) is 4.16. The smallest absolute Gasteiger partial charge is 0.251 e. The number of aliphatic hydroxyl groups excluding tert-OH is 1. The quantitative estimate of drug-likeness (QED) is 0.699. The van der Waals surface area contributed by atoms with Gasteiger partial charge in [0.15, 0.2) is 0 Å². The van der Waals surface area contributed by atoms with Crippen molar-refractivity contribution >= 4 is 5.91 Å². The van der Waals surface area contributed by atoms with Crippen LogP contribution in [0.1, 0.15) is 41.6 Å². The molecule has 2 aromatic carbocycles. The molecule has 1 heterocycles. The van der Waals surface area contributed by atoms with Gasteiger partial charge in [-0.3, -0.25) is 4.79 Å². The molecule has 1 aliphatic heterocycles. The van der Waals surface area contributed by atoms with Crippen LogP contribution in [0.5, 0.6) is 11.5 Å². The molecule has 5 nitrogen and oxygen atoms in total. The largest absolute Gasteiger partial charge is 0.457 e. The number of ether oxygens (including phenoxy) is 1. The van der Waals surface area contributed by atoms with Crippen LogP contribution in [0.2, 0.25) is 0 Å². The van der Waals surface area contributed by atoms with Gasteiger partial charge < -0.3 is 20.1 Å². The fraction of sp³-hybridized carbons (Fsp3) is 0.409. The standard InChI is InChI=1S/C22H28N2O3/c25-17-18-5-9-20(10-6-18)27-21-11-7-19(8-12-21)22(26)23-13-4-16-24-14-2-1-3-15-24/h5-12,25H,1-4,13-17H2,(H,23,26). The van der Waals surface area contributed by atoms with Crippen molar-refractivity contribution in [3.63, 3.8) is 0 Å². The second-order valence-corrected chi connectivity index (χ2v) is 6.94. The van der Waals surface area contributed by atoms with Gasteiger partial charge in [0, 0.05) is 12.1 Å². The Morgan fingerprint density at radius 1 is 0.963 bits per heavy atom. The van der Waals surface area contributed by atoms with E-state index >= 15 is 0 Å². The minimum atomic E-state index is -0.0486. The van der Waals surface area contributed by atoms with E-state index in [1.54, 1.807) is 24.3 Å². The Hall–Kier alpha value is -2.37. The van der Waals surface area contributed by atoms with Gasteiger partial charge in [0.1, 0.15) is 11.5 Å². The van der Waals surface area contributed by atoms with Crippen molar-refractivity contribution in [1.29, 1.82) is 0 Å². The van der Waals surface area contributed by atoms with Crippen molar-refractivity contribution in [2.75, 3.05) is 26.2 Å². The van der Waals surface area contributed by atoms with E-state index in [1.165, 1.54) is 32.4 Å². The van der Waals surface area contributed by atoms with E-state index in [0.29, 0.717) is 23.6 Å². The summed E-state index contributed by atoms with van der Waals surface area (Å²) in [5.41, 5.74) is 1.48. The van der Waals surface area contributed by atoms with E-state index < -0.39 is 0 Å². The highest BCUT2D eigenvalue weighted by molar-refractivity contribution is 5.94. The highest BCUT2D eigenvalue weighted by atomic mass is 16.5. The molecule has 144 valence electrons. The van der Waals surface area contributed by atoms with Gasteiger partial charge >= 0.3 is 0 Å². The Kier molecular flexibility index (Phi) is 7.25. The molecule has 1 saturated heterocycles. The van der Waals surface area contributed by atoms with E-state index in [-0.39, 0.29) is 12.5 Å². The van der Waals surface area contributed by atoms with Crippen LogP contribution in [0.25, 0.3) is 0 Å². The van der Waals surface area contributed by atoms with E-state index in [4.69, 9.17) is 9.84 Å². The Labute approximate surface area is 161 Å². The number of aliphatic hydroxyl groups is 1. The predicted molar refractivity (Wildman–Crippen MR) is 106 cm³/mol. The van der Waals surface area contributed by atoms with E-state index in [9.17, 15) is 4.79 Å². The first-order chi connectivity index (χ1) is 13.2. The molecule has 5 heteroatoms. The van der Waals surface area contributed by atoms with Gasteiger partial charge in [-0.2, -0.15) is 0 Å². The van der Waals surface area contributed by atoms with Gasteiger partial charge in [0.05, 0.1) is 6.61 Å². The summed E-state index contributed by atoms with van der Waals surface area (Å²) >= 11 is 0. The number of hydrogen-bond acceptors (Lipinski definition) is 4. The Morgan fingerprint density at radius 2 is 1.59 bits per heavy atom. The van der Waals surface area contributed by atoms with Crippen LogP contribution < -0.4 is 10.1 Å². The predicted octanol–water partition coefficient (Wildman–Crippen LogP) is 3.58. The van der Waals surface area contributed by atoms with Crippen LogP contribution >= 0.6 is 0 Å². The van der Waals surface area contributed by atoms with Crippen molar-refractivity contribution in [2.24, 2.45) is 0 Å². The number of nitrogens with one attached hydrogen (secondary N) is 1. The minimum absolute atomic E-state index is 0.0160. The molecule has 0 atom stereocenters. The van der Waals surface area contributed by atoms with Gasteiger partial charge in [0.25, 0.3) is 5.91 Å². The minimum Gasteiger partial charge on any atom is -0.457 e. The number of piperidine rings is 1. The third-order valence-corrected chi connectivity index (χ3v) is 4.84. The topological polar surface area (TPSA) is 61.8 Å². The van der Waals surface area contributed by atoms with Crippen molar-refractivity contribution in [2.45, 2.75) is 32.3 Å². The van der Waals surface area contributed by atoms with Gasteiger partial charge in [-0.1, -0.05) is 18.6 Å². The van der Waals surface area contributed by atoms with Crippen molar-refractivity contribution in [3.8, 4) is 11.5 Å². The molecule has 2 N–H and O–H groups in total. The number of carbonyl (C=O) groups is 1. The number of amides is 1. The maximum atomic E-state index is 12.2. The summed E-state index contributed by atoms with van der Waals surface area (Å²) in [6, 6.07) is 14.4. The second-order valence-electron chi connectivity index (χ2n) is 6.94. The highest BCUT2D eigenvalue weighted by Crippen LogP contribution is 2.22. The van der Waals surface area contributed by atoms with Gasteiger partial charge in [-0.15, -0.1) is 0 Å². The van der Waals surface area contributed by atoms with Crippen LogP contribution in [0.15, 0.2) is 48.5 Å². The molecule has 27 heavy (non-hydrogen) atoms. The first kappa shape index (κ1) is 19.4. The number of hydrogen-bond donors (Lipinski definition) is 2. The molecular weight excluding hydrogens is 340 g/mol. The maximum absolute atomic E-state index is 12.2. The Bertz CT molecular complexity index is 707. The highest BCUT2D eigenvalue weighted by Gasteiger charge is 2.10. The monoisotopic (exact) mass is 368 g/mol. The number of nitrogens with zero attached hydrogens (tertiary/aromatic N) is 1. The van der Waals surface area contributed by atoms with Crippen molar-refractivity contribution < 1.29 is 14.6 Å². The van der Waals surface area contributed by atoms with Crippen molar-refractivity contribution in [3.05, 3.63) is 59.7 Å². The summed E-state index contributed by atoms with van der Waals surface area (Å²) in [5, 5.41) is 12.1. The molecule has 1 aliphatic rings. The van der Waals surface area contributed by atoms with E-state index in [0.717, 1.165) is 18.5 Å². The van der Waals surface area contributed by atoms with Crippen LogP contribution in [-0.2, 0) is 6.61 Å². The lowest BCUT2D eigenvalue weighted by molar-refractivity contribution is 0.0951. The average Bonchev–Trinajstić information content (AvgIpc) is 2.73. The molecule has 0 radical (unpaired) electrons. The summed E-state index contributed by atoms with van der Waals surface area (Å²) in [6.07, 6.45) is 4.93. The Balaban J connectivity index is 1.42. The first-order valence-corrected chi connectivity index (χ1v) is 9.73. The zero-order valence-corrected chi connectivity index (χ0v) is 15.7. The fourth-order valence-corrected chi connectivity index (χ4v) is 3.26. The van der Waals surface area contributed by atoms with E-state index in [2.05, 4.69) is 10.2 Å². The van der Waals surface area contributed by atoms with E-state index in [1.807, 2.05) is 24.3 Å². The molecule has 0 spiro atoms. The molecule has 1 amide bonds. The molecule has 3 rings (SSSR count). The summed E-state index contributed by atoms with van der Waals surface area (Å²) in [5.74, 6) is 1.32. The number of benzene rings is 2. The molecule has 0 unspecified atom stereocenters. The lowest BCUT2D eigenvalue weighted by Crippen LogP contribution is -2.33. The zero-order valence-electron chi connectivity index (χ0n) is 15.7. The van der Waals surface area contributed by atoms with Crippen LogP contribution in [0.4, 0.5) is 0 Å². The second kappa shape index (κ2) is 10.1. The molecule has 0 aliphatic carbocycles.